The summed E-state index contributed by atoms with van der Waals surface area (Å²) in [6.45, 7) is 0. The average molecular weight is 326 g/mol. The molecule has 0 radical (unpaired) electrons. The van der Waals surface area contributed by atoms with E-state index < -0.39 is 35.0 Å². The third-order valence-corrected chi connectivity index (χ3v) is 2.94. The minimum absolute atomic E-state index is 0.0675. The van der Waals surface area contributed by atoms with E-state index in [-0.39, 0.29) is 17.2 Å². The van der Waals surface area contributed by atoms with Crippen molar-refractivity contribution in [1.82, 2.24) is 0 Å². The molecular formula is C13H8F6O3. The SMILES string of the molecule is COc1ccc2oc(C(F)(F)C(F)(F)C(F)F)cc(=O)c2c1. The zero-order valence-corrected chi connectivity index (χ0v) is 10.9. The molecule has 0 aliphatic carbocycles. The predicted octanol–water partition coefficient (Wildman–Crippen LogP) is 3.79. The van der Waals surface area contributed by atoms with Crippen molar-refractivity contribution in [3.63, 3.8) is 0 Å². The van der Waals surface area contributed by atoms with Crippen molar-refractivity contribution in [1.29, 1.82) is 0 Å². The number of ether oxygens (including phenoxy) is 1. The van der Waals surface area contributed by atoms with Crippen LogP contribution >= 0.6 is 0 Å². The normalized spacial score (nSPS) is 12.9. The number of halogens is 6. The molecule has 9 heteroatoms. The first-order chi connectivity index (χ1) is 10.1. The van der Waals surface area contributed by atoms with Gasteiger partial charge in [-0.05, 0) is 18.2 Å². The Hall–Kier alpha value is -2.19. The van der Waals surface area contributed by atoms with E-state index in [4.69, 9.17) is 4.74 Å². The van der Waals surface area contributed by atoms with Crippen LogP contribution in [0.3, 0.4) is 0 Å². The molecule has 1 aromatic carbocycles. The summed E-state index contributed by atoms with van der Waals surface area (Å²) in [5.41, 5.74) is -1.53. The average Bonchev–Trinajstić information content (AvgIpc) is 2.46. The lowest BCUT2D eigenvalue weighted by atomic mass is 10.1. The highest BCUT2D eigenvalue weighted by atomic mass is 19.3. The van der Waals surface area contributed by atoms with E-state index in [1.165, 1.54) is 13.2 Å². The molecule has 0 fully saturated rings. The smallest absolute Gasteiger partial charge is 0.376 e. The second-order valence-corrected chi connectivity index (χ2v) is 4.34. The van der Waals surface area contributed by atoms with Crippen molar-refractivity contribution >= 4 is 11.0 Å². The maximum atomic E-state index is 13.6. The standard InChI is InChI=1S/C13H8F6O3/c1-21-6-2-3-9-7(4-6)8(20)5-10(22-9)12(16,17)13(18,19)11(14)15/h2-5,11H,1H3. The second-order valence-electron chi connectivity index (χ2n) is 4.34. The molecule has 0 unspecified atom stereocenters. The molecule has 1 aromatic heterocycles. The van der Waals surface area contributed by atoms with Gasteiger partial charge in [-0.1, -0.05) is 0 Å². The largest absolute Gasteiger partial charge is 0.497 e. The van der Waals surface area contributed by atoms with E-state index in [2.05, 4.69) is 4.42 Å². The Kier molecular flexibility index (Phi) is 3.84. The maximum Gasteiger partial charge on any atom is 0.376 e. The molecule has 120 valence electrons. The Morgan fingerprint density at radius 3 is 2.32 bits per heavy atom. The Morgan fingerprint density at radius 2 is 1.77 bits per heavy atom. The van der Waals surface area contributed by atoms with Crippen LogP contribution in [0.1, 0.15) is 5.76 Å². The van der Waals surface area contributed by atoms with Gasteiger partial charge in [-0.25, -0.2) is 8.78 Å². The molecule has 2 rings (SSSR count). The minimum atomic E-state index is -5.68. The van der Waals surface area contributed by atoms with E-state index in [0.29, 0.717) is 0 Å². The van der Waals surface area contributed by atoms with Crippen LogP contribution in [0.4, 0.5) is 26.3 Å². The van der Waals surface area contributed by atoms with Crippen molar-refractivity contribution in [3.05, 3.63) is 40.2 Å². The summed E-state index contributed by atoms with van der Waals surface area (Å²) in [6.07, 6.45) is -4.63. The van der Waals surface area contributed by atoms with Crippen molar-refractivity contribution in [2.24, 2.45) is 0 Å². The molecule has 3 nitrogen and oxygen atoms in total. The fourth-order valence-electron chi connectivity index (χ4n) is 1.72. The molecule has 0 aliphatic rings. The van der Waals surface area contributed by atoms with Gasteiger partial charge in [0.05, 0.1) is 12.5 Å². The van der Waals surface area contributed by atoms with E-state index in [1.807, 2.05) is 0 Å². The summed E-state index contributed by atoms with van der Waals surface area (Å²) in [5, 5.41) is -0.209. The molecule has 0 atom stereocenters. The van der Waals surface area contributed by atoms with E-state index in [1.54, 1.807) is 0 Å². The van der Waals surface area contributed by atoms with Gasteiger partial charge in [0, 0.05) is 6.07 Å². The lowest BCUT2D eigenvalue weighted by Crippen LogP contribution is -2.44. The number of rotatable bonds is 4. The monoisotopic (exact) mass is 326 g/mol. The molecule has 0 N–H and O–H groups in total. The van der Waals surface area contributed by atoms with Gasteiger partial charge in [0.25, 0.3) is 0 Å². The number of hydrogen-bond acceptors (Lipinski definition) is 3. The number of hydrogen-bond donors (Lipinski definition) is 0. The molecule has 1 heterocycles. The summed E-state index contributed by atoms with van der Waals surface area (Å²) in [4.78, 5) is 11.7. The van der Waals surface area contributed by atoms with Crippen LogP contribution in [0.2, 0.25) is 0 Å². The summed E-state index contributed by atoms with van der Waals surface area (Å²) in [6, 6.07) is 3.49. The zero-order valence-electron chi connectivity index (χ0n) is 10.9. The third kappa shape index (κ3) is 2.40. The summed E-state index contributed by atoms with van der Waals surface area (Å²) in [5.74, 6) is -12.6. The number of fused-ring (bicyclic) bond motifs is 1. The molecule has 0 saturated heterocycles. The van der Waals surface area contributed by atoms with Crippen LogP contribution in [0, 0.1) is 0 Å². The van der Waals surface area contributed by atoms with Crippen LogP contribution in [-0.4, -0.2) is 19.5 Å². The molecule has 0 bridgehead atoms. The topological polar surface area (TPSA) is 39.4 Å². The molecule has 0 aliphatic heterocycles. The van der Waals surface area contributed by atoms with Gasteiger partial charge in [0.2, 0.25) is 0 Å². The van der Waals surface area contributed by atoms with Crippen LogP contribution in [-0.2, 0) is 5.92 Å². The van der Waals surface area contributed by atoms with E-state index in [0.717, 1.165) is 12.1 Å². The van der Waals surface area contributed by atoms with Crippen LogP contribution in [0.25, 0.3) is 11.0 Å². The van der Waals surface area contributed by atoms with Gasteiger partial charge < -0.3 is 9.15 Å². The number of methoxy groups -OCH3 is 1. The van der Waals surface area contributed by atoms with Crippen LogP contribution in [0.15, 0.2) is 33.5 Å². The number of alkyl halides is 6. The van der Waals surface area contributed by atoms with E-state index in [9.17, 15) is 31.1 Å². The Labute approximate surface area is 119 Å². The van der Waals surface area contributed by atoms with Crippen LogP contribution < -0.4 is 10.2 Å². The quantitative estimate of drug-likeness (QED) is 0.803. The van der Waals surface area contributed by atoms with Crippen molar-refractivity contribution < 1.29 is 35.5 Å². The first kappa shape index (κ1) is 16.2. The lowest BCUT2D eigenvalue weighted by Gasteiger charge is -2.24. The van der Waals surface area contributed by atoms with Crippen molar-refractivity contribution in [2.45, 2.75) is 18.3 Å². The molecular weight excluding hydrogens is 318 g/mol. The van der Waals surface area contributed by atoms with Gasteiger partial charge in [-0.2, -0.15) is 17.6 Å². The molecule has 2 aromatic rings. The molecule has 0 amide bonds. The zero-order chi connectivity index (χ0) is 16.7. The highest BCUT2D eigenvalue weighted by Gasteiger charge is 2.65. The first-order valence-electron chi connectivity index (χ1n) is 5.77. The van der Waals surface area contributed by atoms with Crippen molar-refractivity contribution in [2.75, 3.05) is 7.11 Å². The van der Waals surface area contributed by atoms with Gasteiger partial charge in [0.1, 0.15) is 11.3 Å². The minimum Gasteiger partial charge on any atom is -0.497 e. The Balaban J connectivity index is 2.65. The van der Waals surface area contributed by atoms with Gasteiger partial charge in [-0.15, -0.1) is 0 Å². The highest BCUT2D eigenvalue weighted by molar-refractivity contribution is 5.78. The van der Waals surface area contributed by atoms with Crippen LogP contribution in [0.5, 0.6) is 5.75 Å². The lowest BCUT2D eigenvalue weighted by molar-refractivity contribution is -0.276. The highest BCUT2D eigenvalue weighted by Crippen LogP contribution is 2.46. The van der Waals surface area contributed by atoms with E-state index >= 15 is 0 Å². The van der Waals surface area contributed by atoms with Gasteiger partial charge in [0.15, 0.2) is 11.2 Å². The fourth-order valence-corrected chi connectivity index (χ4v) is 1.72. The molecule has 0 spiro atoms. The Morgan fingerprint density at radius 1 is 1.14 bits per heavy atom. The van der Waals surface area contributed by atoms with Gasteiger partial charge >= 0.3 is 18.3 Å². The first-order valence-corrected chi connectivity index (χ1v) is 5.77. The summed E-state index contributed by atoms with van der Waals surface area (Å²) in [7, 11) is 1.29. The predicted molar refractivity (Wildman–Crippen MR) is 63.9 cm³/mol. The molecule has 0 saturated carbocycles. The summed E-state index contributed by atoms with van der Waals surface area (Å²) < 4.78 is 86.7. The van der Waals surface area contributed by atoms with Gasteiger partial charge in [-0.3, -0.25) is 4.79 Å². The van der Waals surface area contributed by atoms with Crippen molar-refractivity contribution in [3.8, 4) is 5.75 Å². The third-order valence-electron chi connectivity index (χ3n) is 2.94. The fraction of sp³-hybridized carbons (Fsp3) is 0.308. The molecule has 22 heavy (non-hydrogen) atoms. The Bertz CT molecular complexity index is 753. The maximum absolute atomic E-state index is 13.6. The summed E-state index contributed by atoms with van der Waals surface area (Å²) >= 11 is 0. The second kappa shape index (κ2) is 5.22. The number of benzene rings is 1.